The second-order valence-electron chi connectivity index (χ2n) is 5.12. The number of benzene rings is 2. The van der Waals surface area contributed by atoms with Crippen LogP contribution in [-0.2, 0) is 11.2 Å². The summed E-state index contributed by atoms with van der Waals surface area (Å²) in [6, 6.07) is 16.8. The van der Waals surface area contributed by atoms with Gasteiger partial charge in [-0.25, -0.2) is 0 Å². The van der Waals surface area contributed by atoms with Gasteiger partial charge in [-0.1, -0.05) is 46.3 Å². The van der Waals surface area contributed by atoms with Gasteiger partial charge < -0.3 is 9.72 Å². The van der Waals surface area contributed by atoms with Crippen molar-refractivity contribution in [3.8, 4) is 0 Å². The van der Waals surface area contributed by atoms with Crippen LogP contribution in [-0.4, -0.2) is 11.6 Å². The maximum atomic E-state index is 6.01. The van der Waals surface area contributed by atoms with Gasteiger partial charge in [-0.2, -0.15) is 0 Å². The molecule has 100 valence electrons. The zero-order valence-corrected chi connectivity index (χ0v) is 12.5. The predicted octanol–water partition coefficient (Wildman–Crippen LogP) is 4.59. The van der Waals surface area contributed by atoms with Gasteiger partial charge in [0.15, 0.2) is 0 Å². The van der Waals surface area contributed by atoms with Crippen molar-refractivity contribution in [3.05, 3.63) is 69.8 Å². The lowest BCUT2D eigenvalue weighted by Gasteiger charge is -2.23. The first-order valence-electron chi connectivity index (χ1n) is 6.79. The third-order valence-electron chi connectivity index (χ3n) is 3.90. The lowest BCUT2D eigenvalue weighted by atomic mass is 9.98. The van der Waals surface area contributed by atoms with Crippen molar-refractivity contribution in [1.29, 1.82) is 0 Å². The average molecular weight is 328 g/mol. The van der Waals surface area contributed by atoms with Gasteiger partial charge in [0.1, 0.15) is 6.10 Å². The molecule has 0 radical (unpaired) electrons. The Labute approximate surface area is 125 Å². The fourth-order valence-corrected chi connectivity index (χ4v) is 3.35. The number of nitrogens with one attached hydrogen (secondary N) is 1. The van der Waals surface area contributed by atoms with Crippen LogP contribution >= 0.6 is 15.9 Å². The zero-order chi connectivity index (χ0) is 13.5. The molecule has 1 aliphatic rings. The van der Waals surface area contributed by atoms with Crippen LogP contribution in [0.3, 0.4) is 0 Å². The number of H-pyrrole nitrogens is 1. The Bertz CT molecular complexity index is 763. The largest absolute Gasteiger partial charge is 0.367 e. The van der Waals surface area contributed by atoms with Crippen LogP contribution in [0, 0.1) is 0 Å². The Morgan fingerprint density at radius 2 is 1.95 bits per heavy atom. The molecule has 3 heteroatoms. The summed E-state index contributed by atoms with van der Waals surface area (Å²) >= 11 is 3.56. The fraction of sp³-hybridized carbons (Fsp3) is 0.176. The van der Waals surface area contributed by atoms with Gasteiger partial charge in [0.25, 0.3) is 0 Å². The van der Waals surface area contributed by atoms with Crippen LogP contribution in [0.5, 0.6) is 0 Å². The van der Waals surface area contributed by atoms with Crippen molar-refractivity contribution < 1.29 is 4.74 Å². The molecule has 1 atom stereocenters. The topological polar surface area (TPSA) is 25.0 Å². The van der Waals surface area contributed by atoms with Gasteiger partial charge in [-0.05, 0) is 35.7 Å². The Balaban J connectivity index is 1.91. The number of ether oxygens (including phenoxy) is 1. The number of halogens is 1. The molecule has 0 bridgehead atoms. The first-order chi connectivity index (χ1) is 9.83. The minimum Gasteiger partial charge on any atom is -0.367 e. The molecule has 1 aromatic heterocycles. The smallest absolute Gasteiger partial charge is 0.123 e. The SMILES string of the molecule is Brc1ccc2[nH]c3c(c2c1)CCO[C@@H]3c1ccccc1. The average Bonchev–Trinajstić information content (AvgIpc) is 2.86. The van der Waals surface area contributed by atoms with Crippen molar-refractivity contribution in [2.24, 2.45) is 0 Å². The second-order valence-corrected chi connectivity index (χ2v) is 6.03. The van der Waals surface area contributed by atoms with E-state index in [2.05, 4.69) is 63.4 Å². The van der Waals surface area contributed by atoms with Crippen LogP contribution in [0.1, 0.15) is 22.9 Å². The summed E-state index contributed by atoms with van der Waals surface area (Å²) in [5.74, 6) is 0. The molecule has 0 saturated carbocycles. The molecule has 0 unspecified atom stereocenters. The molecular formula is C17H14BrNO. The Morgan fingerprint density at radius 1 is 1.10 bits per heavy atom. The van der Waals surface area contributed by atoms with E-state index in [-0.39, 0.29) is 6.10 Å². The Morgan fingerprint density at radius 3 is 2.80 bits per heavy atom. The van der Waals surface area contributed by atoms with Crippen molar-refractivity contribution in [2.45, 2.75) is 12.5 Å². The van der Waals surface area contributed by atoms with E-state index in [1.165, 1.54) is 27.7 Å². The van der Waals surface area contributed by atoms with Crippen molar-refractivity contribution in [2.75, 3.05) is 6.61 Å². The molecule has 20 heavy (non-hydrogen) atoms. The number of rotatable bonds is 1. The highest BCUT2D eigenvalue weighted by Crippen LogP contribution is 2.37. The monoisotopic (exact) mass is 327 g/mol. The molecular weight excluding hydrogens is 314 g/mol. The zero-order valence-electron chi connectivity index (χ0n) is 10.9. The third kappa shape index (κ3) is 1.89. The van der Waals surface area contributed by atoms with Crippen molar-refractivity contribution in [1.82, 2.24) is 4.98 Å². The van der Waals surface area contributed by atoms with Crippen LogP contribution < -0.4 is 0 Å². The van der Waals surface area contributed by atoms with Gasteiger partial charge in [0.2, 0.25) is 0 Å². The molecule has 0 spiro atoms. The highest BCUT2D eigenvalue weighted by Gasteiger charge is 2.26. The number of hydrogen-bond acceptors (Lipinski definition) is 1. The summed E-state index contributed by atoms with van der Waals surface area (Å²) in [4.78, 5) is 3.55. The summed E-state index contributed by atoms with van der Waals surface area (Å²) < 4.78 is 7.13. The van der Waals surface area contributed by atoms with E-state index in [1.807, 2.05) is 6.07 Å². The van der Waals surface area contributed by atoms with Crippen LogP contribution in [0.15, 0.2) is 53.0 Å². The van der Waals surface area contributed by atoms with E-state index in [0.29, 0.717) is 0 Å². The van der Waals surface area contributed by atoms with Crippen molar-refractivity contribution in [3.63, 3.8) is 0 Å². The van der Waals surface area contributed by atoms with E-state index in [9.17, 15) is 0 Å². The Hall–Kier alpha value is -1.58. The molecule has 0 fully saturated rings. The predicted molar refractivity (Wildman–Crippen MR) is 83.9 cm³/mol. The van der Waals surface area contributed by atoms with Gasteiger partial charge in [0.05, 0.1) is 12.3 Å². The normalized spacial score (nSPS) is 18.1. The number of aromatic amines is 1. The maximum Gasteiger partial charge on any atom is 0.123 e. The summed E-state index contributed by atoms with van der Waals surface area (Å²) in [5, 5.41) is 1.30. The lowest BCUT2D eigenvalue weighted by Crippen LogP contribution is -2.16. The Kier molecular flexibility index (Phi) is 2.90. The number of hydrogen-bond donors (Lipinski definition) is 1. The molecule has 2 heterocycles. The minimum atomic E-state index is 0.0196. The van der Waals surface area contributed by atoms with Crippen LogP contribution in [0.25, 0.3) is 10.9 Å². The first kappa shape index (κ1) is 12.2. The first-order valence-corrected chi connectivity index (χ1v) is 7.59. The molecule has 1 N–H and O–H groups in total. The molecule has 4 rings (SSSR count). The summed E-state index contributed by atoms with van der Waals surface area (Å²) in [6.45, 7) is 0.770. The highest BCUT2D eigenvalue weighted by atomic mass is 79.9. The number of aromatic nitrogens is 1. The summed E-state index contributed by atoms with van der Waals surface area (Å²) in [5.41, 5.74) is 4.99. The molecule has 0 saturated heterocycles. The fourth-order valence-electron chi connectivity index (χ4n) is 2.99. The van der Waals surface area contributed by atoms with Gasteiger partial charge >= 0.3 is 0 Å². The van der Waals surface area contributed by atoms with Gasteiger partial charge in [-0.15, -0.1) is 0 Å². The second kappa shape index (κ2) is 4.76. The molecule has 3 aromatic rings. The minimum absolute atomic E-state index is 0.0196. The molecule has 2 aromatic carbocycles. The summed E-state index contributed by atoms with van der Waals surface area (Å²) in [6.07, 6.45) is 0.987. The van der Waals surface area contributed by atoms with Crippen LogP contribution in [0.4, 0.5) is 0 Å². The van der Waals surface area contributed by atoms with E-state index in [4.69, 9.17) is 4.74 Å². The summed E-state index contributed by atoms with van der Waals surface area (Å²) in [7, 11) is 0. The quantitative estimate of drug-likeness (QED) is 0.694. The van der Waals surface area contributed by atoms with Gasteiger partial charge in [0, 0.05) is 15.4 Å². The lowest BCUT2D eigenvalue weighted by molar-refractivity contribution is 0.0677. The van der Waals surface area contributed by atoms with Crippen molar-refractivity contribution >= 4 is 26.8 Å². The van der Waals surface area contributed by atoms with Gasteiger partial charge in [-0.3, -0.25) is 0 Å². The van der Waals surface area contributed by atoms with E-state index in [0.717, 1.165) is 17.5 Å². The third-order valence-corrected chi connectivity index (χ3v) is 4.40. The molecule has 1 aliphatic heterocycles. The molecule has 2 nitrogen and oxygen atoms in total. The standard InChI is InChI=1S/C17H14BrNO/c18-12-6-7-15-14(10-12)13-8-9-20-17(16(13)19-15)11-4-2-1-3-5-11/h1-7,10,17,19H,8-9H2/t17-/m1/s1. The molecule has 0 aliphatic carbocycles. The van der Waals surface area contributed by atoms with E-state index >= 15 is 0 Å². The highest BCUT2D eigenvalue weighted by molar-refractivity contribution is 9.10. The maximum absolute atomic E-state index is 6.01. The molecule has 0 amide bonds. The van der Waals surface area contributed by atoms with E-state index in [1.54, 1.807) is 0 Å². The number of fused-ring (bicyclic) bond motifs is 3. The van der Waals surface area contributed by atoms with E-state index < -0.39 is 0 Å². The van der Waals surface area contributed by atoms with Crippen LogP contribution in [0.2, 0.25) is 0 Å².